The fourth-order valence-corrected chi connectivity index (χ4v) is 2.81. The van der Waals surface area contributed by atoms with Gasteiger partial charge in [-0.25, -0.2) is 4.98 Å². The van der Waals surface area contributed by atoms with Gasteiger partial charge in [-0.15, -0.1) is 0 Å². The molecule has 0 bridgehead atoms. The highest BCUT2D eigenvalue weighted by Crippen LogP contribution is 2.34. The van der Waals surface area contributed by atoms with Crippen molar-refractivity contribution in [1.82, 2.24) is 14.5 Å². The summed E-state index contributed by atoms with van der Waals surface area (Å²) in [7, 11) is 0. The Bertz CT molecular complexity index is 959. The number of carbonyl (C=O) groups is 1. The van der Waals surface area contributed by atoms with E-state index in [0.29, 0.717) is 28.0 Å². The van der Waals surface area contributed by atoms with Crippen LogP contribution in [0.1, 0.15) is 27.2 Å². The third-order valence-corrected chi connectivity index (χ3v) is 3.91. The molecule has 0 atom stereocenters. The first kappa shape index (κ1) is 14.8. The van der Waals surface area contributed by atoms with E-state index in [0.717, 1.165) is 5.56 Å². The van der Waals surface area contributed by atoms with Crippen LogP contribution in [-0.2, 0) is 0 Å². The molecular formula is C16H17N5O2. The van der Waals surface area contributed by atoms with Gasteiger partial charge in [0.1, 0.15) is 17.2 Å². The smallest absolute Gasteiger partial charge is 0.253 e. The summed E-state index contributed by atoms with van der Waals surface area (Å²) < 4.78 is 1.62. The number of anilines is 1. The van der Waals surface area contributed by atoms with E-state index in [1.165, 1.54) is 6.20 Å². The van der Waals surface area contributed by atoms with Crippen LogP contribution in [-0.4, -0.2) is 25.5 Å². The third-order valence-electron chi connectivity index (χ3n) is 3.91. The Kier molecular flexibility index (Phi) is 3.21. The lowest BCUT2D eigenvalue weighted by molar-refractivity contribution is 0.100. The van der Waals surface area contributed by atoms with Gasteiger partial charge in [-0.1, -0.05) is 0 Å². The molecule has 1 amide bonds. The summed E-state index contributed by atoms with van der Waals surface area (Å²) in [5.41, 5.74) is 15.2. The average Bonchev–Trinajstić information content (AvgIpc) is 2.75. The van der Waals surface area contributed by atoms with E-state index in [1.807, 2.05) is 13.0 Å². The molecule has 23 heavy (non-hydrogen) atoms. The van der Waals surface area contributed by atoms with Gasteiger partial charge >= 0.3 is 0 Å². The van der Waals surface area contributed by atoms with E-state index in [2.05, 4.69) is 9.97 Å². The molecule has 3 rings (SSSR count). The zero-order valence-corrected chi connectivity index (χ0v) is 13.1. The minimum absolute atomic E-state index is 0.0413. The Morgan fingerprint density at radius 1 is 1.22 bits per heavy atom. The molecule has 5 N–H and O–H groups in total. The van der Waals surface area contributed by atoms with Gasteiger partial charge in [-0.2, -0.15) is 0 Å². The number of fused-ring (bicyclic) bond motifs is 1. The molecule has 7 heteroatoms. The Balaban J connectivity index is 2.52. The van der Waals surface area contributed by atoms with Gasteiger partial charge in [0.05, 0.1) is 23.1 Å². The quantitative estimate of drug-likeness (QED) is 0.665. The second kappa shape index (κ2) is 4.98. The Hall–Kier alpha value is -3.09. The first-order valence-electron chi connectivity index (χ1n) is 7.04. The summed E-state index contributed by atoms with van der Waals surface area (Å²) in [6, 6.07) is 1.82. The number of aromatic nitrogens is 3. The standard InChI is InChI=1S/C16H17N5O2/c1-7-4-10-12(15(18)23)14(17)21(16(10)20-5-7)13-8(2)11(22)6-19-9(13)3/h4-6,22H,17H2,1-3H3,(H2,18,23). The number of hydrogen-bond donors (Lipinski definition) is 3. The summed E-state index contributed by atoms with van der Waals surface area (Å²) >= 11 is 0. The van der Waals surface area contributed by atoms with Gasteiger partial charge in [-0.05, 0) is 32.4 Å². The van der Waals surface area contributed by atoms with Crippen molar-refractivity contribution in [3.05, 3.63) is 40.8 Å². The molecule has 3 aromatic heterocycles. The van der Waals surface area contributed by atoms with Crippen molar-refractivity contribution in [1.29, 1.82) is 0 Å². The molecule has 0 unspecified atom stereocenters. The van der Waals surface area contributed by atoms with Crippen molar-refractivity contribution in [2.24, 2.45) is 5.73 Å². The van der Waals surface area contributed by atoms with E-state index < -0.39 is 5.91 Å². The predicted molar refractivity (Wildman–Crippen MR) is 87.7 cm³/mol. The van der Waals surface area contributed by atoms with Crippen molar-refractivity contribution >= 4 is 22.8 Å². The van der Waals surface area contributed by atoms with Crippen molar-refractivity contribution in [2.45, 2.75) is 20.8 Å². The maximum Gasteiger partial charge on any atom is 0.253 e. The van der Waals surface area contributed by atoms with E-state index >= 15 is 0 Å². The van der Waals surface area contributed by atoms with Gasteiger partial charge in [0.15, 0.2) is 0 Å². The van der Waals surface area contributed by atoms with Gasteiger partial charge in [0.25, 0.3) is 5.91 Å². The molecular weight excluding hydrogens is 294 g/mol. The van der Waals surface area contributed by atoms with Crippen LogP contribution in [0.25, 0.3) is 16.7 Å². The molecule has 0 spiro atoms. The van der Waals surface area contributed by atoms with Crippen LogP contribution < -0.4 is 11.5 Å². The molecule has 0 fully saturated rings. The van der Waals surface area contributed by atoms with Crippen LogP contribution in [0.3, 0.4) is 0 Å². The lowest BCUT2D eigenvalue weighted by Gasteiger charge is -2.14. The maximum absolute atomic E-state index is 11.9. The minimum atomic E-state index is -0.623. The van der Waals surface area contributed by atoms with Gasteiger partial charge in [0, 0.05) is 17.1 Å². The van der Waals surface area contributed by atoms with Crippen molar-refractivity contribution in [2.75, 3.05) is 5.73 Å². The first-order chi connectivity index (χ1) is 10.8. The Morgan fingerprint density at radius 2 is 1.91 bits per heavy atom. The summed E-state index contributed by atoms with van der Waals surface area (Å²) in [6.45, 7) is 5.42. The molecule has 7 nitrogen and oxygen atoms in total. The highest BCUT2D eigenvalue weighted by Gasteiger charge is 2.23. The number of rotatable bonds is 2. The number of aromatic hydroxyl groups is 1. The van der Waals surface area contributed by atoms with E-state index in [4.69, 9.17) is 11.5 Å². The van der Waals surface area contributed by atoms with Crippen molar-refractivity contribution in [3.63, 3.8) is 0 Å². The van der Waals surface area contributed by atoms with Crippen LogP contribution in [0, 0.1) is 20.8 Å². The molecule has 3 heterocycles. The lowest BCUT2D eigenvalue weighted by Crippen LogP contribution is -2.14. The molecule has 0 aromatic carbocycles. The molecule has 118 valence electrons. The van der Waals surface area contributed by atoms with Crippen molar-refractivity contribution < 1.29 is 9.90 Å². The molecule has 0 aliphatic rings. The zero-order chi connectivity index (χ0) is 16.9. The van der Waals surface area contributed by atoms with Crippen LogP contribution in [0.15, 0.2) is 18.5 Å². The van der Waals surface area contributed by atoms with Crippen LogP contribution in [0.4, 0.5) is 5.82 Å². The van der Waals surface area contributed by atoms with E-state index in [1.54, 1.807) is 24.6 Å². The molecule has 0 saturated carbocycles. The number of nitrogen functional groups attached to an aromatic ring is 1. The monoisotopic (exact) mass is 311 g/mol. The highest BCUT2D eigenvalue weighted by molar-refractivity contribution is 6.11. The number of carbonyl (C=O) groups excluding carboxylic acids is 1. The summed E-state index contributed by atoms with van der Waals surface area (Å²) in [6.07, 6.45) is 3.06. The second-order valence-corrected chi connectivity index (χ2v) is 5.55. The Labute approximate surface area is 132 Å². The molecule has 0 aliphatic carbocycles. The summed E-state index contributed by atoms with van der Waals surface area (Å²) in [5.74, 6) is -0.397. The van der Waals surface area contributed by atoms with Gasteiger partial charge < -0.3 is 16.6 Å². The molecule has 0 aliphatic heterocycles. The number of pyridine rings is 2. The number of amides is 1. The first-order valence-corrected chi connectivity index (χ1v) is 7.04. The van der Waals surface area contributed by atoms with Crippen molar-refractivity contribution in [3.8, 4) is 11.4 Å². The second-order valence-electron chi connectivity index (χ2n) is 5.55. The normalized spacial score (nSPS) is 11.1. The van der Waals surface area contributed by atoms with Crippen LogP contribution in [0.2, 0.25) is 0 Å². The fourth-order valence-electron chi connectivity index (χ4n) is 2.81. The number of hydrogen-bond acceptors (Lipinski definition) is 5. The van der Waals surface area contributed by atoms with E-state index in [-0.39, 0.29) is 17.1 Å². The summed E-state index contributed by atoms with van der Waals surface area (Å²) in [4.78, 5) is 20.4. The molecule has 0 radical (unpaired) electrons. The zero-order valence-electron chi connectivity index (χ0n) is 13.1. The summed E-state index contributed by atoms with van der Waals surface area (Å²) in [5, 5.41) is 10.6. The maximum atomic E-state index is 11.9. The van der Waals surface area contributed by atoms with Crippen LogP contribution >= 0.6 is 0 Å². The Morgan fingerprint density at radius 3 is 2.57 bits per heavy atom. The number of primary amides is 1. The number of aryl methyl sites for hydroxylation is 2. The predicted octanol–water partition coefficient (Wildman–Crippen LogP) is 1.73. The molecule has 3 aromatic rings. The SMILES string of the molecule is Cc1cnc2c(c1)c(C(N)=O)c(N)n2-c1c(C)ncc(O)c1C. The topological polar surface area (TPSA) is 120 Å². The largest absolute Gasteiger partial charge is 0.506 e. The third kappa shape index (κ3) is 2.09. The van der Waals surface area contributed by atoms with Crippen LogP contribution in [0.5, 0.6) is 5.75 Å². The van der Waals surface area contributed by atoms with E-state index in [9.17, 15) is 9.90 Å². The average molecular weight is 311 g/mol. The van der Waals surface area contributed by atoms with Gasteiger partial charge in [-0.3, -0.25) is 14.3 Å². The highest BCUT2D eigenvalue weighted by atomic mass is 16.3. The molecule has 0 saturated heterocycles. The lowest BCUT2D eigenvalue weighted by atomic mass is 10.1. The fraction of sp³-hybridized carbons (Fsp3) is 0.188. The minimum Gasteiger partial charge on any atom is -0.506 e. The number of nitrogens with zero attached hydrogens (tertiary/aromatic N) is 3. The van der Waals surface area contributed by atoms with Gasteiger partial charge in [0.2, 0.25) is 0 Å². The number of nitrogens with two attached hydrogens (primary N) is 2.